The van der Waals surface area contributed by atoms with Gasteiger partial charge in [0.1, 0.15) is 71.2 Å². The number of carbonyl (C=O) groups is 3. The van der Waals surface area contributed by atoms with Crippen molar-refractivity contribution in [3.63, 3.8) is 0 Å². The molecule has 0 saturated carbocycles. The zero-order chi connectivity index (χ0) is 68.7. The fourth-order valence-electron chi connectivity index (χ4n) is 5.14. The minimum atomic E-state index is -4.67. The van der Waals surface area contributed by atoms with Crippen LogP contribution in [0.25, 0.3) is 10.9 Å². The third kappa shape index (κ3) is 56.9. The van der Waals surface area contributed by atoms with Gasteiger partial charge < -0.3 is 80.9 Å². The number of carboxylic acid groups (broad SMARTS) is 1. The molecule has 0 saturated heterocycles. The third-order valence-electron chi connectivity index (χ3n) is 10.00. The van der Waals surface area contributed by atoms with Crippen molar-refractivity contribution >= 4 is 88.5 Å². The van der Waals surface area contributed by atoms with Gasteiger partial charge in [-0.1, -0.05) is 82.3 Å². The maximum atomic E-state index is 13.2. The molecule has 4 aromatic rings. The van der Waals surface area contributed by atoms with E-state index in [-0.39, 0.29) is 139 Å². The van der Waals surface area contributed by atoms with Crippen LogP contribution in [0.2, 0.25) is 0 Å². The monoisotopic (exact) mass is 1630 g/mol. The smallest absolute Gasteiger partial charge is 1.00 e. The molecule has 6 unspecified atom stereocenters. The normalized spacial score (nSPS) is 11.1. The van der Waals surface area contributed by atoms with Crippen molar-refractivity contribution in [2.75, 3.05) is 78.9 Å². The summed E-state index contributed by atoms with van der Waals surface area (Å²) in [7, 11) is 4.29. The standard InChI is InChI=1S/C13H18N4O2.C12H14FNO2.C7H3F2N.C6H12O3.C5H10O3.C5H12O2.C4H8O3.CH3I.CHO3.2Ag.B.Na.H2O4S.H/c1-3-8(18-2)7-19-10-6-4-5-9-11(10)12(14)17-13(15)16-9;1-3-9(15-2)8-16-12-6-4-5-11(13)10(12)7-14;8-6-2-1-3-7(9)5(6)4-10;1-4-5(8-2)6(7)9-3;1-3-4(6)5(7)8-2;1-3-5(4-6)7-2;1-2-3(5)4(6)7;1-2;2-1-4-3;;;;;1-5(2,3)4;/h4-6,8H,3,7H2,1-2H3,(H4,14,15,16,17);4-6,9H,3,8H2,1-2H3;1-3H;5H,4H2,1-3H3;4,6H,3H2,1-2H3;5-6H,3-4H2,1-2H3;3,5H,2H2,1H3,(H,6,7);1H3;3H;;;;;(H2,1,2,3,4);/q;;;;;;;;-1;;+1;;+1;;-1. The fraction of sp³-hybridized carbons (Fsp3) is 0.519. The summed E-state index contributed by atoms with van der Waals surface area (Å²) in [4.78, 5) is 52.0. The molecule has 6 atom stereocenters. The van der Waals surface area contributed by atoms with Crippen LogP contribution >= 0.6 is 22.6 Å². The number of anilines is 2. The number of nitrogen functional groups attached to an aromatic ring is 2. The minimum Gasteiger partial charge on any atom is -1.00 e. The van der Waals surface area contributed by atoms with Crippen molar-refractivity contribution < 1.29 is 194 Å². The predicted molar refractivity (Wildman–Crippen MR) is 328 cm³/mol. The van der Waals surface area contributed by atoms with E-state index in [2.05, 4.69) is 46.9 Å². The summed E-state index contributed by atoms with van der Waals surface area (Å²) in [6.07, 6.45) is 1.42. The summed E-state index contributed by atoms with van der Waals surface area (Å²) in [6.45, 7) is 12.8. The largest absolute Gasteiger partial charge is 1.00 e. The summed E-state index contributed by atoms with van der Waals surface area (Å²) in [5.74, 6) is -2.83. The molecule has 28 nitrogen and oxygen atoms in total. The van der Waals surface area contributed by atoms with Gasteiger partial charge in [-0.05, 0) is 86.3 Å². The first-order chi connectivity index (χ1) is 41.0. The van der Waals surface area contributed by atoms with E-state index in [0.717, 1.165) is 37.9 Å². The molecule has 522 valence electrons. The van der Waals surface area contributed by atoms with Gasteiger partial charge in [-0.25, -0.2) is 37.8 Å². The first-order valence-corrected chi connectivity index (χ1v) is 28.9. The Labute approximate surface area is 600 Å². The maximum absolute atomic E-state index is 13.2. The van der Waals surface area contributed by atoms with E-state index < -0.39 is 63.7 Å². The van der Waals surface area contributed by atoms with Gasteiger partial charge >= 0.3 is 80.2 Å². The number of esters is 2. The quantitative estimate of drug-likeness (QED) is 0.00664. The number of halogens is 4. The fourth-order valence-corrected chi connectivity index (χ4v) is 5.14. The Morgan fingerprint density at radius 2 is 1.04 bits per heavy atom. The molecule has 11 N–H and O–H groups in total. The van der Waals surface area contributed by atoms with Crippen molar-refractivity contribution in [1.29, 1.82) is 10.5 Å². The van der Waals surface area contributed by atoms with Crippen LogP contribution in [0.5, 0.6) is 11.5 Å². The molecule has 1 heterocycles. The second-order valence-electron chi connectivity index (χ2n) is 15.6. The van der Waals surface area contributed by atoms with E-state index >= 15 is 0 Å². The molecule has 3 aromatic carbocycles. The van der Waals surface area contributed by atoms with Gasteiger partial charge in [-0.15, -0.1) is 0 Å². The molecule has 0 bridgehead atoms. The Balaban J connectivity index is -0.0000000917. The number of aliphatic hydroxyl groups excluding tert-OH is 3. The van der Waals surface area contributed by atoms with Crippen molar-refractivity contribution in [2.24, 2.45) is 0 Å². The van der Waals surface area contributed by atoms with Crippen molar-refractivity contribution in [3.8, 4) is 23.6 Å². The molecular weight excluding hydrogens is 1550 g/mol. The van der Waals surface area contributed by atoms with Crippen LogP contribution in [-0.2, 0) is 108 Å². The molecule has 91 heavy (non-hydrogen) atoms. The van der Waals surface area contributed by atoms with E-state index in [1.807, 2.05) is 50.8 Å². The molecule has 0 aliphatic heterocycles. The number of rotatable bonds is 21. The summed E-state index contributed by atoms with van der Waals surface area (Å²) >= 11 is 2.15. The van der Waals surface area contributed by atoms with E-state index in [9.17, 15) is 27.6 Å². The zero-order valence-corrected chi connectivity index (χ0v) is 60.8. The molecular formula is C54H84Ag2BF3IN6NaO22S. The first kappa shape index (κ1) is 108. The van der Waals surface area contributed by atoms with Crippen LogP contribution in [0.3, 0.4) is 0 Å². The number of aromatic nitrogens is 2. The van der Waals surface area contributed by atoms with Crippen LogP contribution in [0.1, 0.15) is 92.6 Å². The van der Waals surface area contributed by atoms with Gasteiger partial charge in [-0.2, -0.15) is 23.9 Å². The summed E-state index contributed by atoms with van der Waals surface area (Å²) in [5.41, 5.74) is 11.6. The predicted octanol–water partition coefficient (Wildman–Crippen LogP) is 3.37. The number of aliphatic hydroxyl groups is 3. The molecule has 0 fully saturated rings. The Morgan fingerprint density at radius 1 is 0.670 bits per heavy atom. The van der Waals surface area contributed by atoms with Crippen LogP contribution in [0, 0.1) is 40.1 Å². The minimum absolute atomic E-state index is 0. The number of carboxylic acids is 1. The van der Waals surface area contributed by atoms with Crippen LogP contribution < -0.4 is 50.5 Å². The molecule has 37 heteroatoms. The molecule has 0 spiro atoms. The van der Waals surface area contributed by atoms with Crippen molar-refractivity contribution in [2.45, 2.75) is 117 Å². The summed E-state index contributed by atoms with van der Waals surface area (Å²) in [5, 5.41) is 57.9. The second kappa shape index (κ2) is 70.0. The average molecular weight is 1630 g/mol. The van der Waals surface area contributed by atoms with Crippen molar-refractivity contribution in [3.05, 3.63) is 83.2 Å². The molecule has 4 rings (SSSR count). The van der Waals surface area contributed by atoms with E-state index in [0.29, 0.717) is 48.5 Å². The molecule has 0 aliphatic carbocycles. The number of ether oxygens (including phenoxy) is 8. The molecule has 0 amide bonds. The third-order valence-corrected chi connectivity index (χ3v) is 10.00. The first-order valence-electron chi connectivity index (χ1n) is 25.4. The van der Waals surface area contributed by atoms with E-state index in [1.54, 1.807) is 47.3 Å². The zero-order valence-electron chi connectivity index (χ0n) is 53.8. The van der Waals surface area contributed by atoms with Gasteiger partial charge in [0.05, 0.1) is 50.0 Å². The van der Waals surface area contributed by atoms with Gasteiger partial charge in [0, 0.05) is 59.2 Å². The molecule has 4 radical (unpaired) electrons. The molecule has 0 aliphatic rings. The number of nitrogens with zero attached hydrogens (tertiary/aromatic N) is 4. The number of benzene rings is 3. The topological polar surface area (TPSA) is 453 Å². The van der Waals surface area contributed by atoms with Gasteiger partial charge in [-0.3, -0.25) is 9.11 Å². The second-order valence-corrected chi connectivity index (χ2v) is 16.5. The number of fused-ring (bicyclic) bond motifs is 1. The Hall–Kier alpha value is -4.32. The number of hydrogen-bond acceptors (Lipinski definition) is 25. The van der Waals surface area contributed by atoms with Gasteiger partial charge in [0.2, 0.25) is 5.95 Å². The number of aliphatic carboxylic acids is 1. The number of nitrogens with two attached hydrogens (primary N) is 2. The van der Waals surface area contributed by atoms with Crippen LogP contribution in [0.15, 0.2) is 54.6 Å². The Kier molecular flexibility index (Phi) is 83.2. The molecule has 1 aromatic heterocycles. The Morgan fingerprint density at radius 3 is 1.31 bits per heavy atom. The van der Waals surface area contributed by atoms with Gasteiger partial charge in [0.15, 0.2) is 18.3 Å². The maximum Gasteiger partial charge on any atom is 1.00 e. The van der Waals surface area contributed by atoms with E-state index in [4.69, 9.17) is 98.4 Å². The number of methoxy groups -OCH3 is 6. The van der Waals surface area contributed by atoms with Gasteiger partial charge in [0.25, 0.3) is 0 Å². The number of hydrogen-bond donors (Lipinski definition) is 9. The number of carbonyl (C=O) groups excluding carboxylic acids is 3. The summed E-state index contributed by atoms with van der Waals surface area (Å²) in [6, 6.07) is 16.3. The van der Waals surface area contributed by atoms with Crippen molar-refractivity contribution in [1.82, 2.24) is 9.97 Å². The van der Waals surface area contributed by atoms with E-state index in [1.165, 1.54) is 45.6 Å². The number of nitriles is 2. The summed E-state index contributed by atoms with van der Waals surface area (Å²) < 4.78 is 109. The Bertz CT molecular complexity index is 2650. The van der Waals surface area contributed by atoms with Crippen LogP contribution in [-0.4, -0.2) is 190 Å². The SMILES string of the molecule is CCC(CO)OC.CCC(COc1cccc(F)c1C#N)OC.CCC(COc1cccc2nc(N)nc(N)c12)OC.CCC(O)C(=O)O.CCC(O)C(=O)OC.CCC(OC)C(=O)OC.CI.N#Cc1c(F)cccc1F.O=S(=O)(O)O.O=[C-]OO.[Ag+].[Ag].[B].[H-].[Na+]. The van der Waals surface area contributed by atoms with Crippen LogP contribution in [0.4, 0.5) is 24.9 Å². The number of alkyl halides is 1. The average Bonchev–Trinajstić information content (AvgIpc) is 0.856.